The highest BCUT2D eigenvalue weighted by Gasteiger charge is 2.44. The van der Waals surface area contributed by atoms with E-state index >= 15 is 0 Å². The summed E-state index contributed by atoms with van der Waals surface area (Å²) >= 11 is 6.12. The molecular formula is C18H28ClN3O. The second kappa shape index (κ2) is 9.14. The van der Waals surface area contributed by atoms with Gasteiger partial charge in [-0.3, -0.25) is 4.99 Å². The average molecular weight is 338 g/mol. The van der Waals surface area contributed by atoms with E-state index in [0.717, 1.165) is 43.5 Å². The first-order chi connectivity index (χ1) is 11.2. The summed E-state index contributed by atoms with van der Waals surface area (Å²) in [5, 5.41) is 7.66. The summed E-state index contributed by atoms with van der Waals surface area (Å²) in [6, 6.07) is 8.22. The SMILES string of the molecule is CN=C(NCCCCCOC)NCC1(c2cccc(Cl)c2)CC1. The van der Waals surface area contributed by atoms with Crippen molar-refractivity contribution in [1.82, 2.24) is 10.6 Å². The standard InChI is InChI=1S/C18H28ClN3O/c1-20-17(21-11-4-3-5-12-23-2)22-14-18(9-10-18)15-7-6-8-16(19)13-15/h6-8,13H,3-5,9-12,14H2,1-2H3,(H2,20,21,22). The third kappa shape index (κ3) is 5.70. The van der Waals surface area contributed by atoms with E-state index < -0.39 is 0 Å². The zero-order chi connectivity index (χ0) is 16.5. The van der Waals surface area contributed by atoms with E-state index in [1.165, 1.54) is 24.8 Å². The van der Waals surface area contributed by atoms with Crippen LogP contribution in [0.2, 0.25) is 5.02 Å². The van der Waals surface area contributed by atoms with Crippen LogP contribution in [0.15, 0.2) is 29.3 Å². The Hall–Kier alpha value is -1.26. The van der Waals surface area contributed by atoms with Gasteiger partial charge in [-0.05, 0) is 49.8 Å². The fraction of sp³-hybridized carbons (Fsp3) is 0.611. The largest absolute Gasteiger partial charge is 0.385 e. The highest BCUT2D eigenvalue weighted by Crippen LogP contribution is 2.48. The fourth-order valence-corrected chi connectivity index (χ4v) is 2.96. The number of guanidine groups is 1. The van der Waals surface area contributed by atoms with Crippen LogP contribution in [0.25, 0.3) is 0 Å². The molecule has 0 spiro atoms. The van der Waals surface area contributed by atoms with Crippen LogP contribution in [0.4, 0.5) is 0 Å². The van der Waals surface area contributed by atoms with Gasteiger partial charge in [0.25, 0.3) is 0 Å². The summed E-state index contributed by atoms with van der Waals surface area (Å²) in [5.74, 6) is 0.880. The van der Waals surface area contributed by atoms with E-state index in [2.05, 4.69) is 27.8 Å². The minimum atomic E-state index is 0.223. The van der Waals surface area contributed by atoms with Crippen LogP contribution in [-0.2, 0) is 10.2 Å². The van der Waals surface area contributed by atoms with Crippen molar-refractivity contribution in [3.8, 4) is 0 Å². The zero-order valence-corrected chi connectivity index (χ0v) is 15.0. The minimum Gasteiger partial charge on any atom is -0.385 e. The summed E-state index contributed by atoms with van der Waals surface area (Å²) in [5.41, 5.74) is 1.55. The fourth-order valence-electron chi connectivity index (χ4n) is 2.77. The molecule has 128 valence electrons. The number of unbranched alkanes of at least 4 members (excludes halogenated alkanes) is 2. The van der Waals surface area contributed by atoms with Gasteiger partial charge in [-0.25, -0.2) is 0 Å². The van der Waals surface area contributed by atoms with Crippen molar-refractivity contribution in [2.75, 3.05) is 33.9 Å². The van der Waals surface area contributed by atoms with E-state index in [9.17, 15) is 0 Å². The number of hydrogen-bond acceptors (Lipinski definition) is 2. The monoisotopic (exact) mass is 337 g/mol. The van der Waals surface area contributed by atoms with Gasteiger partial charge in [-0.15, -0.1) is 0 Å². The number of ether oxygens (including phenoxy) is 1. The van der Waals surface area contributed by atoms with Crippen LogP contribution < -0.4 is 10.6 Å². The molecular weight excluding hydrogens is 310 g/mol. The van der Waals surface area contributed by atoms with Crippen molar-refractivity contribution in [2.24, 2.45) is 4.99 Å². The van der Waals surface area contributed by atoms with Gasteiger partial charge >= 0.3 is 0 Å². The smallest absolute Gasteiger partial charge is 0.191 e. The van der Waals surface area contributed by atoms with Crippen molar-refractivity contribution in [3.63, 3.8) is 0 Å². The van der Waals surface area contributed by atoms with Gasteiger partial charge in [-0.2, -0.15) is 0 Å². The highest BCUT2D eigenvalue weighted by molar-refractivity contribution is 6.30. The van der Waals surface area contributed by atoms with Crippen LogP contribution in [0.3, 0.4) is 0 Å². The summed E-state index contributed by atoms with van der Waals surface area (Å²) in [6.07, 6.45) is 5.82. The van der Waals surface area contributed by atoms with Gasteiger partial charge in [0.05, 0.1) is 0 Å². The zero-order valence-electron chi connectivity index (χ0n) is 14.2. The molecule has 1 aromatic rings. The molecule has 1 aromatic carbocycles. The second-order valence-corrected chi connectivity index (χ2v) is 6.63. The van der Waals surface area contributed by atoms with Gasteiger partial charge in [0.2, 0.25) is 0 Å². The Labute approximate surface area is 144 Å². The van der Waals surface area contributed by atoms with Crippen LogP contribution >= 0.6 is 11.6 Å². The molecule has 0 unspecified atom stereocenters. The molecule has 1 saturated carbocycles. The lowest BCUT2D eigenvalue weighted by molar-refractivity contribution is 0.192. The quantitative estimate of drug-likeness (QED) is 0.412. The molecule has 5 heteroatoms. The Morgan fingerprint density at radius 1 is 1.26 bits per heavy atom. The van der Waals surface area contributed by atoms with E-state index in [1.54, 1.807) is 7.11 Å². The highest BCUT2D eigenvalue weighted by atomic mass is 35.5. The van der Waals surface area contributed by atoms with Crippen LogP contribution in [0.5, 0.6) is 0 Å². The Balaban J connectivity index is 1.73. The van der Waals surface area contributed by atoms with Crippen molar-refractivity contribution in [1.29, 1.82) is 0 Å². The molecule has 0 aromatic heterocycles. The predicted octanol–water partition coefficient (Wildman–Crippen LogP) is 3.35. The molecule has 1 aliphatic carbocycles. The van der Waals surface area contributed by atoms with Crippen molar-refractivity contribution in [2.45, 2.75) is 37.5 Å². The van der Waals surface area contributed by atoms with Crippen molar-refractivity contribution in [3.05, 3.63) is 34.9 Å². The first-order valence-corrected chi connectivity index (χ1v) is 8.77. The Morgan fingerprint density at radius 3 is 2.74 bits per heavy atom. The lowest BCUT2D eigenvalue weighted by Crippen LogP contribution is -2.41. The third-order valence-electron chi connectivity index (χ3n) is 4.43. The maximum atomic E-state index is 6.12. The summed E-state index contributed by atoms with van der Waals surface area (Å²) in [7, 11) is 3.57. The maximum absolute atomic E-state index is 6.12. The van der Waals surface area contributed by atoms with E-state index in [1.807, 2.05) is 19.2 Å². The summed E-state index contributed by atoms with van der Waals surface area (Å²) in [4.78, 5) is 4.31. The molecule has 0 heterocycles. The molecule has 0 saturated heterocycles. The molecule has 0 bridgehead atoms. The number of halogens is 1. The Morgan fingerprint density at radius 2 is 2.09 bits per heavy atom. The molecule has 23 heavy (non-hydrogen) atoms. The Bertz CT molecular complexity index is 515. The first-order valence-electron chi connectivity index (χ1n) is 8.40. The van der Waals surface area contributed by atoms with Gasteiger partial charge < -0.3 is 15.4 Å². The van der Waals surface area contributed by atoms with Gasteiger partial charge in [0.1, 0.15) is 0 Å². The van der Waals surface area contributed by atoms with Gasteiger partial charge in [0, 0.05) is 44.3 Å². The molecule has 0 aliphatic heterocycles. The minimum absolute atomic E-state index is 0.223. The molecule has 2 rings (SSSR count). The van der Waals surface area contributed by atoms with Gasteiger partial charge in [-0.1, -0.05) is 23.7 Å². The number of methoxy groups -OCH3 is 1. The normalized spacial score (nSPS) is 16.2. The number of rotatable bonds is 9. The van der Waals surface area contributed by atoms with Crippen molar-refractivity contribution >= 4 is 17.6 Å². The molecule has 4 nitrogen and oxygen atoms in total. The van der Waals surface area contributed by atoms with Crippen LogP contribution in [0, 0.1) is 0 Å². The number of aliphatic imine (C=N–C) groups is 1. The Kier molecular flexibility index (Phi) is 7.18. The molecule has 1 fully saturated rings. The molecule has 0 radical (unpaired) electrons. The number of benzene rings is 1. The summed E-state index contributed by atoms with van der Waals surface area (Å²) < 4.78 is 5.06. The molecule has 0 atom stereocenters. The number of hydrogen-bond donors (Lipinski definition) is 2. The first kappa shape index (κ1) is 18.1. The van der Waals surface area contributed by atoms with E-state index in [4.69, 9.17) is 16.3 Å². The van der Waals surface area contributed by atoms with Gasteiger partial charge in [0.15, 0.2) is 5.96 Å². The lowest BCUT2D eigenvalue weighted by atomic mass is 9.96. The topological polar surface area (TPSA) is 45.7 Å². The lowest BCUT2D eigenvalue weighted by Gasteiger charge is -2.19. The maximum Gasteiger partial charge on any atom is 0.191 e. The molecule has 2 N–H and O–H groups in total. The predicted molar refractivity (Wildman–Crippen MR) is 97.5 cm³/mol. The summed E-state index contributed by atoms with van der Waals surface area (Å²) in [6.45, 7) is 2.68. The van der Waals surface area contributed by atoms with Crippen LogP contribution in [0.1, 0.15) is 37.7 Å². The van der Waals surface area contributed by atoms with Crippen LogP contribution in [-0.4, -0.2) is 39.8 Å². The van der Waals surface area contributed by atoms with E-state index in [0.29, 0.717) is 0 Å². The number of nitrogens with one attached hydrogen (secondary N) is 2. The molecule has 1 aliphatic rings. The third-order valence-corrected chi connectivity index (χ3v) is 4.66. The second-order valence-electron chi connectivity index (χ2n) is 6.20. The van der Waals surface area contributed by atoms with Crippen molar-refractivity contribution < 1.29 is 4.74 Å². The molecule has 0 amide bonds. The average Bonchev–Trinajstić information content (AvgIpc) is 3.35. The number of nitrogens with zero attached hydrogens (tertiary/aromatic N) is 1. The van der Waals surface area contributed by atoms with E-state index in [-0.39, 0.29) is 5.41 Å².